The maximum absolute atomic E-state index is 10.0. The number of carboxylic acids is 1. The van der Waals surface area contributed by atoms with E-state index in [4.69, 9.17) is 5.11 Å². The van der Waals surface area contributed by atoms with Crippen molar-refractivity contribution in [2.24, 2.45) is 0 Å². The second-order valence-electron chi connectivity index (χ2n) is 2.55. The van der Waals surface area contributed by atoms with E-state index in [-0.39, 0.29) is 0 Å². The lowest BCUT2D eigenvalue weighted by Gasteiger charge is -2.10. The topological polar surface area (TPSA) is 40.5 Å². The molecule has 0 aromatic rings. The van der Waals surface area contributed by atoms with Crippen molar-refractivity contribution in [2.75, 3.05) is 7.05 Å². The van der Waals surface area contributed by atoms with Gasteiger partial charge in [-0.2, -0.15) is 0 Å². The summed E-state index contributed by atoms with van der Waals surface area (Å²) in [5, 5.41) is 8.25. The molecular weight excluding hydrogens is 130 g/mol. The third-order valence-electron chi connectivity index (χ3n) is 1.58. The predicted octanol–water partition coefficient (Wildman–Crippen LogP) is 0.679. The van der Waals surface area contributed by atoms with Gasteiger partial charge in [-0.15, -0.1) is 0 Å². The molecule has 0 atom stereocenters. The van der Waals surface area contributed by atoms with Gasteiger partial charge in [-0.3, -0.25) is 0 Å². The van der Waals surface area contributed by atoms with E-state index in [1.165, 1.54) is 18.9 Å². The van der Waals surface area contributed by atoms with Gasteiger partial charge in [-0.05, 0) is 12.8 Å². The molecule has 0 radical (unpaired) electrons. The average Bonchev–Trinajstić information content (AvgIpc) is 2.63. The third kappa shape index (κ3) is 2.09. The monoisotopic (exact) mass is 141 g/mol. The number of aliphatic carboxylic acids is 1. The van der Waals surface area contributed by atoms with Crippen LogP contribution in [0.1, 0.15) is 12.8 Å². The normalized spacial score (nSPS) is 17.7. The van der Waals surface area contributed by atoms with E-state index in [9.17, 15) is 4.79 Å². The van der Waals surface area contributed by atoms with Crippen molar-refractivity contribution in [1.29, 1.82) is 0 Å². The first-order valence-electron chi connectivity index (χ1n) is 3.33. The number of hydrogen-bond acceptors (Lipinski definition) is 2. The molecule has 0 saturated heterocycles. The summed E-state index contributed by atoms with van der Waals surface area (Å²) < 4.78 is 0. The summed E-state index contributed by atoms with van der Waals surface area (Å²) in [6, 6.07) is 0.593. The second kappa shape index (κ2) is 2.73. The first-order chi connectivity index (χ1) is 4.70. The highest BCUT2D eigenvalue weighted by molar-refractivity contribution is 5.79. The zero-order valence-electron chi connectivity index (χ0n) is 5.95. The number of rotatable bonds is 3. The van der Waals surface area contributed by atoms with E-state index in [0.29, 0.717) is 6.04 Å². The summed E-state index contributed by atoms with van der Waals surface area (Å²) in [5.41, 5.74) is 0. The van der Waals surface area contributed by atoms with Crippen LogP contribution in [0.15, 0.2) is 12.3 Å². The molecule has 1 rings (SSSR count). The molecule has 0 aliphatic heterocycles. The maximum atomic E-state index is 10.0. The predicted molar refractivity (Wildman–Crippen MR) is 37.6 cm³/mol. The number of hydrogen-bond donors (Lipinski definition) is 1. The molecule has 0 aromatic heterocycles. The van der Waals surface area contributed by atoms with Crippen molar-refractivity contribution in [2.45, 2.75) is 18.9 Å². The van der Waals surface area contributed by atoms with Crippen LogP contribution in [0.25, 0.3) is 0 Å². The van der Waals surface area contributed by atoms with Gasteiger partial charge in [-0.1, -0.05) is 0 Å². The summed E-state index contributed by atoms with van der Waals surface area (Å²) >= 11 is 0. The van der Waals surface area contributed by atoms with Gasteiger partial charge in [0.05, 0.1) is 0 Å². The molecule has 10 heavy (non-hydrogen) atoms. The Balaban J connectivity index is 2.28. The first-order valence-corrected chi connectivity index (χ1v) is 3.33. The molecule has 0 heterocycles. The van der Waals surface area contributed by atoms with Crippen molar-refractivity contribution >= 4 is 5.97 Å². The molecule has 0 spiro atoms. The standard InChI is InChI=1S/C7H11NO2/c1-8(6-2-3-6)5-4-7(9)10/h4-6H,2-3H2,1H3,(H,9,10)/b5-4+. The summed E-state index contributed by atoms with van der Waals surface area (Å²) in [6.45, 7) is 0. The maximum Gasteiger partial charge on any atom is 0.329 e. The largest absolute Gasteiger partial charge is 0.478 e. The molecular formula is C7H11NO2. The van der Waals surface area contributed by atoms with E-state index < -0.39 is 5.97 Å². The molecule has 3 nitrogen and oxygen atoms in total. The van der Waals surface area contributed by atoms with E-state index in [0.717, 1.165) is 0 Å². The minimum absolute atomic E-state index is 0.593. The van der Waals surface area contributed by atoms with Crippen LogP contribution in [0.5, 0.6) is 0 Å². The van der Waals surface area contributed by atoms with Crippen LogP contribution in [0.4, 0.5) is 0 Å². The van der Waals surface area contributed by atoms with Crippen LogP contribution in [-0.4, -0.2) is 29.1 Å². The lowest BCUT2D eigenvalue weighted by atomic mass is 10.5. The van der Waals surface area contributed by atoms with Gasteiger partial charge in [0.15, 0.2) is 0 Å². The molecule has 56 valence electrons. The van der Waals surface area contributed by atoms with Crippen LogP contribution < -0.4 is 0 Å². The number of carbonyl (C=O) groups is 1. The molecule has 1 N–H and O–H groups in total. The zero-order valence-corrected chi connectivity index (χ0v) is 5.95. The Morgan fingerprint density at radius 2 is 2.30 bits per heavy atom. The van der Waals surface area contributed by atoms with E-state index in [2.05, 4.69) is 0 Å². The van der Waals surface area contributed by atoms with E-state index in [1.54, 1.807) is 6.20 Å². The Morgan fingerprint density at radius 1 is 1.70 bits per heavy atom. The van der Waals surface area contributed by atoms with Crippen LogP contribution in [0.3, 0.4) is 0 Å². The molecule has 0 aromatic carbocycles. The Bertz CT molecular complexity index is 161. The zero-order chi connectivity index (χ0) is 7.56. The Kier molecular flexibility index (Phi) is 1.94. The minimum Gasteiger partial charge on any atom is -0.478 e. The van der Waals surface area contributed by atoms with Crippen LogP contribution in [-0.2, 0) is 4.79 Å². The summed E-state index contributed by atoms with van der Waals surface area (Å²) in [7, 11) is 1.90. The van der Waals surface area contributed by atoms with Crippen molar-refractivity contribution in [3.63, 3.8) is 0 Å². The van der Waals surface area contributed by atoms with Crippen molar-refractivity contribution in [3.8, 4) is 0 Å². The van der Waals surface area contributed by atoms with Crippen molar-refractivity contribution in [1.82, 2.24) is 4.90 Å². The van der Waals surface area contributed by atoms with Gasteiger partial charge in [0, 0.05) is 25.4 Å². The SMILES string of the molecule is CN(/C=C/C(=O)O)C1CC1. The highest BCUT2D eigenvalue weighted by Crippen LogP contribution is 2.25. The lowest BCUT2D eigenvalue weighted by Crippen LogP contribution is -2.13. The van der Waals surface area contributed by atoms with Gasteiger partial charge < -0.3 is 10.0 Å². The second-order valence-corrected chi connectivity index (χ2v) is 2.55. The third-order valence-corrected chi connectivity index (χ3v) is 1.58. The van der Waals surface area contributed by atoms with Crippen LogP contribution in [0.2, 0.25) is 0 Å². The number of carboxylic acid groups (broad SMARTS) is 1. The fraction of sp³-hybridized carbons (Fsp3) is 0.571. The van der Waals surface area contributed by atoms with Gasteiger partial charge in [0.25, 0.3) is 0 Å². The van der Waals surface area contributed by atoms with Gasteiger partial charge in [0.2, 0.25) is 0 Å². The van der Waals surface area contributed by atoms with Crippen molar-refractivity contribution in [3.05, 3.63) is 12.3 Å². The Hall–Kier alpha value is -0.990. The Morgan fingerprint density at radius 3 is 2.70 bits per heavy atom. The molecule has 0 unspecified atom stereocenters. The molecule has 1 aliphatic rings. The average molecular weight is 141 g/mol. The molecule has 3 heteroatoms. The first kappa shape index (κ1) is 7.12. The van der Waals surface area contributed by atoms with Gasteiger partial charge in [-0.25, -0.2) is 4.79 Å². The summed E-state index contributed by atoms with van der Waals surface area (Å²) in [6.07, 6.45) is 5.17. The molecule has 1 saturated carbocycles. The lowest BCUT2D eigenvalue weighted by molar-refractivity contribution is -0.131. The van der Waals surface area contributed by atoms with E-state index >= 15 is 0 Å². The molecule has 0 bridgehead atoms. The number of nitrogens with zero attached hydrogens (tertiary/aromatic N) is 1. The fourth-order valence-corrected chi connectivity index (χ4v) is 0.785. The van der Waals surface area contributed by atoms with Gasteiger partial charge >= 0.3 is 5.97 Å². The Labute approximate surface area is 59.9 Å². The fourth-order valence-electron chi connectivity index (χ4n) is 0.785. The smallest absolute Gasteiger partial charge is 0.329 e. The quantitative estimate of drug-likeness (QED) is 0.587. The highest BCUT2D eigenvalue weighted by atomic mass is 16.4. The summed E-state index contributed by atoms with van der Waals surface area (Å²) in [5.74, 6) is -0.882. The minimum atomic E-state index is -0.882. The van der Waals surface area contributed by atoms with Crippen LogP contribution in [0, 0.1) is 0 Å². The van der Waals surface area contributed by atoms with Gasteiger partial charge in [0.1, 0.15) is 0 Å². The molecule has 1 aliphatic carbocycles. The van der Waals surface area contributed by atoms with Crippen molar-refractivity contribution < 1.29 is 9.90 Å². The highest BCUT2D eigenvalue weighted by Gasteiger charge is 2.23. The van der Waals surface area contributed by atoms with E-state index in [1.807, 2.05) is 11.9 Å². The molecule has 1 fully saturated rings. The molecule has 0 amide bonds. The summed E-state index contributed by atoms with van der Waals surface area (Å²) in [4.78, 5) is 12.0. The van der Waals surface area contributed by atoms with Crippen LogP contribution >= 0.6 is 0 Å².